The molecule has 148 valence electrons. The Morgan fingerprint density at radius 2 is 1.83 bits per heavy atom. The van der Waals surface area contributed by atoms with E-state index >= 15 is 0 Å². The summed E-state index contributed by atoms with van der Waals surface area (Å²) in [7, 11) is 0. The van der Waals surface area contributed by atoms with Crippen molar-refractivity contribution < 1.29 is 22.8 Å². The van der Waals surface area contributed by atoms with Crippen LogP contribution in [0.15, 0.2) is 58.2 Å². The smallest absolute Gasteiger partial charge is 0.178 e. The van der Waals surface area contributed by atoms with Gasteiger partial charge in [0, 0.05) is 29.4 Å². The molecule has 0 saturated carbocycles. The fourth-order valence-electron chi connectivity index (χ4n) is 3.01. The van der Waals surface area contributed by atoms with Crippen molar-refractivity contribution in [2.45, 2.75) is 6.23 Å². The zero-order chi connectivity index (χ0) is 20.5. The number of benzene rings is 2. The topological polar surface area (TPSA) is 61.9 Å². The normalized spacial score (nSPS) is 14.4. The molecule has 29 heavy (non-hydrogen) atoms. The van der Waals surface area contributed by atoms with Crippen LogP contribution in [0.4, 0.5) is 13.2 Å². The molecule has 0 saturated heterocycles. The van der Waals surface area contributed by atoms with Crippen molar-refractivity contribution in [2.24, 2.45) is 4.99 Å². The number of hydrogen-bond acceptors (Lipinski definition) is 5. The van der Waals surface area contributed by atoms with Crippen molar-refractivity contribution in [1.82, 2.24) is 10.1 Å². The average molecular weight is 420 g/mol. The van der Waals surface area contributed by atoms with Crippen molar-refractivity contribution in [3.05, 3.63) is 76.7 Å². The van der Waals surface area contributed by atoms with Gasteiger partial charge in [0.25, 0.3) is 0 Å². The number of aliphatic hydroxyl groups excluding tert-OH is 1. The van der Waals surface area contributed by atoms with Crippen LogP contribution in [-0.4, -0.2) is 28.0 Å². The zero-order valence-corrected chi connectivity index (χ0v) is 15.4. The first-order valence-electron chi connectivity index (χ1n) is 8.48. The number of nitrogens with zero attached hydrogens (tertiary/aromatic N) is 3. The standard InChI is InChI=1S/C20H13ClF3N3O2/c21-11-2-4-13(15(23)8-11)18-17(20(28)27-7-1-6-25-10-27)19(29-26-18)14-5-3-12(22)9-16(14)24/h1-6,8-10,20,28H,7H2. The minimum atomic E-state index is -1.39. The van der Waals surface area contributed by atoms with Crippen molar-refractivity contribution >= 4 is 17.9 Å². The lowest BCUT2D eigenvalue weighted by Crippen LogP contribution is -2.29. The number of aliphatic hydroxyl groups is 1. The Morgan fingerprint density at radius 1 is 1.07 bits per heavy atom. The number of aliphatic imine (C=N–C) groups is 1. The van der Waals surface area contributed by atoms with E-state index < -0.39 is 23.7 Å². The molecule has 2 aromatic carbocycles. The molecule has 1 atom stereocenters. The minimum absolute atomic E-state index is 0.00506. The first-order chi connectivity index (χ1) is 14.0. The van der Waals surface area contributed by atoms with E-state index in [1.54, 1.807) is 12.3 Å². The van der Waals surface area contributed by atoms with E-state index in [-0.39, 0.29) is 33.2 Å². The highest BCUT2D eigenvalue weighted by molar-refractivity contribution is 6.30. The summed E-state index contributed by atoms with van der Waals surface area (Å²) in [5, 5.41) is 15.0. The monoisotopic (exact) mass is 419 g/mol. The molecular formula is C20H13ClF3N3O2. The molecule has 0 bridgehead atoms. The fraction of sp³-hybridized carbons (Fsp3) is 0.100. The van der Waals surface area contributed by atoms with Gasteiger partial charge in [0.05, 0.1) is 17.5 Å². The van der Waals surface area contributed by atoms with Crippen LogP contribution in [0.1, 0.15) is 11.8 Å². The molecule has 1 aliphatic heterocycles. The van der Waals surface area contributed by atoms with Crippen LogP contribution in [0.2, 0.25) is 5.02 Å². The SMILES string of the molecule is OC(c1c(-c2ccc(Cl)cc2F)noc1-c1ccc(F)cc1F)N1C=NC=CC1. The van der Waals surface area contributed by atoms with Crippen molar-refractivity contribution in [2.75, 3.05) is 6.54 Å². The van der Waals surface area contributed by atoms with Gasteiger partial charge in [-0.3, -0.25) is 0 Å². The van der Waals surface area contributed by atoms with Gasteiger partial charge in [-0.15, -0.1) is 0 Å². The summed E-state index contributed by atoms with van der Waals surface area (Å²) in [4.78, 5) is 5.37. The fourth-order valence-corrected chi connectivity index (χ4v) is 3.17. The Morgan fingerprint density at radius 3 is 2.52 bits per heavy atom. The minimum Gasteiger partial charge on any atom is -0.369 e. The lowest BCUT2D eigenvalue weighted by Gasteiger charge is -2.26. The highest BCUT2D eigenvalue weighted by Crippen LogP contribution is 2.39. The molecule has 2 heterocycles. The first-order valence-corrected chi connectivity index (χ1v) is 8.86. The first kappa shape index (κ1) is 19.2. The molecule has 0 fully saturated rings. The Hall–Kier alpha value is -3.10. The summed E-state index contributed by atoms with van der Waals surface area (Å²) in [5.74, 6) is -2.53. The Labute approximate surface area is 168 Å². The van der Waals surface area contributed by atoms with E-state index in [2.05, 4.69) is 10.1 Å². The summed E-state index contributed by atoms with van der Waals surface area (Å²) in [5.41, 5.74) is -0.143. The quantitative estimate of drug-likeness (QED) is 0.651. The maximum atomic E-state index is 14.5. The predicted molar refractivity (Wildman–Crippen MR) is 102 cm³/mol. The molecular weight excluding hydrogens is 407 g/mol. The maximum absolute atomic E-state index is 14.5. The van der Waals surface area contributed by atoms with Gasteiger partial charge in [0.15, 0.2) is 12.0 Å². The molecule has 0 amide bonds. The van der Waals surface area contributed by atoms with Crippen molar-refractivity contribution in [1.29, 1.82) is 0 Å². The van der Waals surface area contributed by atoms with Crippen LogP contribution < -0.4 is 0 Å². The molecule has 4 rings (SSSR count). The molecule has 9 heteroatoms. The van der Waals surface area contributed by atoms with Gasteiger partial charge >= 0.3 is 0 Å². The third-order valence-electron chi connectivity index (χ3n) is 4.38. The zero-order valence-electron chi connectivity index (χ0n) is 14.7. The number of halogens is 4. The van der Waals surface area contributed by atoms with Gasteiger partial charge in [-0.1, -0.05) is 16.8 Å². The molecule has 1 aliphatic rings. The lowest BCUT2D eigenvalue weighted by molar-refractivity contribution is 0.0632. The summed E-state index contributed by atoms with van der Waals surface area (Å²) in [6.07, 6.45) is 3.23. The summed E-state index contributed by atoms with van der Waals surface area (Å²) in [6.45, 7) is 0.295. The highest BCUT2D eigenvalue weighted by atomic mass is 35.5. The van der Waals surface area contributed by atoms with E-state index in [0.29, 0.717) is 12.6 Å². The second-order valence-electron chi connectivity index (χ2n) is 6.24. The summed E-state index contributed by atoms with van der Waals surface area (Å²) < 4.78 is 47.6. The van der Waals surface area contributed by atoms with E-state index in [1.807, 2.05) is 0 Å². The molecule has 3 aromatic rings. The lowest BCUT2D eigenvalue weighted by atomic mass is 9.99. The highest BCUT2D eigenvalue weighted by Gasteiger charge is 2.31. The molecule has 0 spiro atoms. The second kappa shape index (κ2) is 7.73. The molecule has 1 aromatic heterocycles. The Balaban J connectivity index is 1.91. The van der Waals surface area contributed by atoms with Gasteiger partial charge in [-0.25, -0.2) is 18.2 Å². The van der Waals surface area contributed by atoms with Gasteiger partial charge in [0.2, 0.25) is 0 Å². The van der Waals surface area contributed by atoms with Crippen LogP contribution in [0.3, 0.4) is 0 Å². The van der Waals surface area contributed by atoms with Crippen LogP contribution in [-0.2, 0) is 0 Å². The summed E-state index contributed by atoms with van der Waals surface area (Å²) in [6, 6.07) is 6.81. The maximum Gasteiger partial charge on any atom is 0.178 e. The van der Waals surface area contributed by atoms with E-state index in [1.165, 1.54) is 23.4 Å². The van der Waals surface area contributed by atoms with Gasteiger partial charge in [-0.05, 0) is 36.4 Å². The Bertz CT molecular complexity index is 1060. The number of aromatic nitrogens is 1. The molecule has 1 N–H and O–H groups in total. The van der Waals surface area contributed by atoms with Crippen molar-refractivity contribution in [3.63, 3.8) is 0 Å². The van der Waals surface area contributed by atoms with Crippen LogP contribution in [0, 0.1) is 17.5 Å². The molecule has 0 radical (unpaired) electrons. The molecule has 5 nitrogen and oxygen atoms in total. The van der Waals surface area contributed by atoms with Gasteiger partial charge < -0.3 is 14.5 Å². The third-order valence-corrected chi connectivity index (χ3v) is 4.62. The van der Waals surface area contributed by atoms with Gasteiger partial charge in [-0.2, -0.15) is 0 Å². The van der Waals surface area contributed by atoms with Crippen LogP contribution in [0.5, 0.6) is 0 Å². The molecule has 1 unspecified atom stereocenters. The number of rotatable bonds is 4. The number of hydrogen-bond donors (Lipinski definition) is 1. The Kier molecular flexibility index (Phi) is 5.12. The summed E-state index contributed by atoms with van der Waals surface area (Å²) >= 11 is 5.81. The average Bonchev–Trinajstić information content (AvgIpc) is 3.12. The van der Waals surface area contributed by atoms with Crippen molar-refractivity contribution in [3.8, 4) is 22.6 Å². The van der Waals surface area contributed by atoms with E-state index in [9.17, 15) is 18.3 Å². The van der Waals surface area contributed by atoms with E-state index in [4.69, 9.17) is 16.1 Å². The van der Waals surface area contributed by atoms with Gasteiger partial charge in [0.1, 0.15) is 23.1 Å². The van der Waals surface area contributed by atoms with Crippen LogP contribution in [0.25, 0.3) is 22.6 Å². The largest absolute Gasteiger partial charge is 0.369 e. The van der Waals surface area contributed by atoms with Crippen LogP contribution >= 0.6 is 11.6 Å². The molecule has 0 aliphatic carbocycles. The third kappa shape index (κ3) is 3.64. The van der Waals surface area contributed by atoms with E-state index in [0.717, 1.165) is 18.2 Å². The predicted octanol–water partition coefficient (Wildman–Crippen LogP) is 4.93. The second-order valence-corrected chi connectivity index (χ2v) is 6.68.